The van der Waals surface area contributed by atoms with Gasteiger partial charge in [0.2, 0.25) is 0 Å². The van der Waals surface area contributed by atoms with Crippen LogP contribution in [0.25, 0.3) is 0 Å². The number of nitrogens with one attached hydrogen (secondary N) is 1. The van der Waals surface area contributed by atoms with E-state index in [1.807, 2.05) is 54.3 Å². The molecule has 1 aliphatic heterocycles. The maximum Gasteiger partial charge on any atom is 0.321 e. The zero-order valence-corrected chi connectivity index (χ0v) is 16.5. The number of hydrogen-bond acceptors (Lipinski definition) is 2. The number of urea groups is 1. The van der Waals surface area contributed by atoms with Crippen LogP contribution in [0.1, 0.15) is 55.4 Å². The molecule has 0 radical (unpaired) electrons. The summed E-state index contributed by atoms with van der Waals surface area (Å²) < 4.78 is 0. The van der Waals surface area contributed by atoms with Crippen molar-refractivity contribution in [2.75, 3.05) is 18.4 Å². The number of benzene rings is 2. The molecule has 1 atom stereocenters. The van der Waals surface area contributed by atoms with Crippen molar-refractivity contribution in [3.63, 3.8) is 0 Å². The van der Waals surface area contributed by atoms with Gasteiger partial charge in [-0.25, -0.2) is 4.79 Å². The lowest BCUT2D eigenvalue weighted by atomic mass is 9.87. The summed E-state index contributed by atoms with van der Waals surface area (Å²) in [6.07, 6.45) is 1.17. The molecule has 4 nitrogen and oxygen atoms in total. The van der Waals surface area contributed by atoms with Crippen LogP contribution in [-0.2, 0) is 0 Å². The monoisotopic (exact) mass is 366 g/mol. The van der Waals surface area contributed by atoms with Gasteiger partial charge in [0.05, 0.1) is 6.10 Å². The molecule has 1 fully saturated rings. The molecule has 27 heavy (non-hydrogen) atoms. The fourth-order valence-electron chi connectivity index (χ4n) is 3.87. The average Bonchev–Trinajstić information content (AvgIpc) is 2.69. The molecule has 0 bridgehead atoms. The molecule has 2 amide bonds. The van der Waals surface area contributed by atoms with E-state index in [-0.39, 0.29) is 11.9 Å². The summed E-state index contributed by atoms with van der Waals surface area (Å²) >= 11 is 0. The Morgan fingerprint density at radius 2 is 1.74 bits per heavy atom. The smallest absolute Gasteiger partial charge is 0.321 e. The predicted octanol–water partition coefficient (Wildman–Crippen LogP) is 5.10. The number of carbonyl (C=O) groups excluding carboxylic acids is 1. The molecule has 2 aromatic rings. The average molecular weight is 367 g/mol. The molecule has 1 heterocycles. The third kappa shape index (κ3) is 4.51. The van der Waals surface area contributed by atoms with Crippen LogP contribution in [0, 0.1) is 12.8 Å². The summed E-state index contributed by atoms with van der Waals surface area (Å²) in [6.45, 7) is 7.65. The summed E-state index contributed by atoms with van der Waals surface area (Å²) in [4.78, 5) is 14.7. The Labute approximate surface area is 162 Å². The maximum absolute atomic E-state index is 12.8. The summed E-state index contributed by atoms with van der Waals surface area (Å²) in [5, 5.41) is 13.8. The van der Waals surface area contributed by atoms with Gasteiger partial charge in [-0.15, -0.1) is 0 Å². The van der Waals surface area contributed by atoms with Crippen LogP contribution in [0.4, 0.5) is 10.5 Å². The number of aliphatic hydroxyl groups is 1. The maximum atomic E-state index is 12.8. The van der Waals surface area contributed by atoms with Crippen molar-refractivity contribution in [3.05, 3.63) is 65.2 Å². The summed E-state index contributed by atoms with van der Waals surface area (Å²) in [5.74, 6) is 0.549. The van der Waals surface area contributed by atoms with Gasteiger partial charge in [0.15, 0.2) is 0 Å². The van der Waals surface area contributed by atoms with Gasteiger partial charge >= 0.3 is 6.03 Å². The molecule has 2 N–H and O–H groups in total. The Morgan fingerprint density at radius 1 is 1.07 bits per heavy atom. The minimum atomic E-state index is -0.458. The normalized spacial score (nSPS) is 16.4. The van der Waals surface area contributed by atoms with Crippen molar-refractivity contribution in [1.29, 1.82) is 0 Å². The van der Waals surface area contributed by atoms with Crippen molar-refractivity contribution in [3.8, 4) is 0 Å². The lowest BCUT2D eigenvalue weighted by molar-refractivity contribution is 0.0683. The van der Waals surface area contributed by atoms with Crippen molar-refractivity contribution < 1.29 is 9.90 Å². The summed E-state index contributed by atoms with van der Waals surface area (Å²) in [5.41, 5.74) is 4.15. The number of anilines is 1. The van der Waals surface area contributed by atoms with Crippen LogP contribution in [0.3, 0.4) is 0 Å². The van der Waals surface area contributed by atoms with E-state index in [0.717, 1.165) is 35.2 Å². The molecule has 0 spiro atoms. The summed E-state index contributed by atoms with van der Waals surface area (Å²) in [7, 11) is 0. The topological polar surface area (TPSA) is 52.6 Å². The number of piperidine rings is 1. The molecule has 0 saturated carbocycles. The van der Waals surface area contributed by atoms with E-state index in [1.165, 1.54) is 0 Å². The molecule has 3 rings (SSSR count). The number of amides is 2. The largest absolute Gasteiger partial charge is 0.388 e. The molecular weight excluding hydrogens is 336 g/mol. The van der Waals surface area contributed by atoms with Crippen LogP contribution in [0.5, 0.6) is 0 Å². The van der Waals surface area contributed by atoms with Gasteiger partial charge < -0.3 is 15.3 Å². The highest BCUT2D eigenvalue weighted by molar-refractivity contribution is 5.91. The molecule has 2 aromatic carbocycles. The molecular formula is C23H30N2O2. The zero-order chi connectivity index (χ0) is 19.4. The first-order valence-corrected chi connectivity index (χ1v) is 9.85. The zero-order valence-electron chi connectivity index (χ0n) is 16.5. The highest BCUT2D eigenvalue weighted by Gasteiger charge is 2.28. The molecule has 1 unspecified atom stereocenters. The molecule has 4 heteroatoms. The van der Waals surface area contributed by atoms with Gasteiger partial charge in [0, 0.05) is 18.8 Å². The number of rotatable bonds is 4. The third-order valence-electron chi connectivity index (χ3n) is 5.57. The second-order valence-corrected chi connectivity index (χ2v) is 7.80. The standard InChI is InChI=1S/C23H30N2O2/c1-16(2)20-11-7-8-17(3)21(20)24-23(27)25-14-12-19(13-15-25)22(26)18-9-5-4-6-10-18/h4-11,16,19,22,26H,12-15H2,1-3H3,(H,24,27). The number of aryl methyl sites for hydroxylation is 1. The first-order valence-electron chi connectivity index (χ1n) is 9.85. The number of carbonyl (C=O) groups is 1. The second kappa shape index (κ2) is 8.57. The molecule has 1 saturated heterocycles. The third-order valence-corrected chi connectivity index (χ3v) is 5.57. The molecule has 0 aliphatic carbocycles. The van der Waals surface area contributed by atoms with E-state index in [1.54, 1.807) is 0 Å². The number of aliphatic hydroxyl groups excluding tert-OH is 1. The number of hydrogen-bond donors (Lipinski definition) is 2. The lowest BCUT2D eigenvalue weighted by Gasteiger charge is -2.34. The quantitative estimate of drug-likeness (QED) is 0.791. The van der Waals surface area contributed by atoms with Gasteiger partial charge in [-0.3, -0.25) is 0 Å². The van der Waals surface area contributed by atoms with E-state index in [2.05, 4.69) is 25.2 Å². The predicted molar refractivity (Wildman–Crippen MR) is 110 cm³/mol. The van der Waals surface area contributed by atoms with Crippen LogP contribution in [-0.4, -0.2) is 29.1 Å². The Morgan fingerprint density at radius 3 is 2.37 bits per heavy atom. The van der Waals surface area contributed by atoms with E-state index < -0.39 is 6.10 Å². The van der Waals surface area contributed by atoms with Crippen LogP contribution < -0.4 is 5.32 Å². The van der Waals surface area contributed by atoms with Crippen LogP contribution in [0.15, 0.2) is 48.5 Å². The van der Waals surface area contributed by atoms with Crippen molar-refractivity contribution >= 4 is 11.7 Å². The number of likely N-dealkylation sites (tertiary alicyclic amines) is 1. The summed E-state index contributed by atoms with van der Waals surface area (Å²) in [6, 6.07) is 15.9. The molecule has 144 valence electrons. The minimum Gasteiger partial charge on any atom is -0.388 e. The lowest BCUT2D eigenvalue weighted by Crippen LogP contribution is -2.42. The minimum absolute atomic E-state index is 0.0427. The second-order valence-electron chi connectivity index (χ2n) is 7.80. The van der Waals surface area contributed by atoms with Gasteiger partial charge in [-0.05, 0) is 48.3 Å². The molecule has 1 aliphatic rings. The highest BCUT2D eigenvalue weighted by Crippen LogP contribution is 2.32. The number of nitrogens with zero attached hydrogens (tertiary/aromatic N) is 1. The van der Waals surface area contributed by atoms with Gasteiger partial charge in [0.25, 0.3) is 0 Å². The fourth-order valence-corrected chi connectivity index (χ4v) is 3.87. The van der Waals surface area contributed by atoms with Crippen LogP contribution >= 0.6 is 0 Å². The molecule has 0 aromatic heterocycles. The Bertz CT molecular complexity index is 765. The van der Waals surface area contributed by atoms with Crippen molar-refractivity contribution in [1.82, 2.24) is 4.90 Å². The number of para-hydroxylation sites is 1. The Kier molecular flexibility index (Phi) is 6.17. The van der Waals surface area contributed by atoms with Gasteiger partial charge in [-0.1, -0.05) is 62.4 Å². The Hall–Kier alpha value is -2.33. The Balaban J connectivity index is 1.61. The first-order chi connectivity index (χ1) is 13.0. The van der Waals surface area contributed by atoms with Gasteiger partial charge in [0.1, 0.15) is 0 Å². The SMILES string of the molecule is Cc1cccc(C(C)C)c1NC(=O)N1CCC(C(O)c2ccccc2)CC1. The highest BCUT2D eigenvalue weighted by atomic mass is 16.3. The van der Waals surface area contributed by atoms with E-state index >= 15 is 0 Å². The van der Waals surface area contributed by atoms with E-state index in [0.29, 0.717) is 19.0 Å². The van der Waals surface area contributed by atoms with Gasteiger partial charge in [-0.2, -0.15) is 0 Å². The van der Waals surface area contributed by atoms with Crippen LogP contribution in [0.2, 0.25) is 0 Å². The van der Waals surface area contributed by atoms with E-state index in [4.69, 9.17) is 0 Å². The van der Waals surface area contributed by atoms with E-state index in [9.17, 15) is 9.90 Å². The van der Waals surface area contributed by atoms with Crippen molar-refractivity contribution in [2.45, 2.75) is 45.6 Å². The first kappa shape index (κ1) is 19.4. The van der Waals surface area contributed by atoms with Crippen molar-refractivity contribution in [2.24, 2.45) is 5.92 Å². The fraction of sp³-hybridized carbons (Fsp3) is 0.435.